The molecule has 0 radical (unpaired) electrons. The minimum Gasteiger partial charge on any atom is -0.450 e. The molecule has 0 fully saturated rings. The SMILES string of the molecule is O=C(O)O[C@@H]1[C@H](c2ccccc2)c2ccccc2[C@@H]1c1ccccc1. The molecular formula is C22H18O3. The van der Waals surface area contributed by atoms with Crippen molar-refractivity contribution >= 4 is 6.16 Å². The first-order chi connectivity index (χ1) is 12.3. The lowest BCUT2D eigenvalue weighted by molar-refractivity contribution is 0.0433. The molecule has 0 bridgehead atoms. The van der Waals surface area contributed by atoms with Crippen molar-refractivity contribution in [2.45, 2.75) is 17.9 Å². The van der Waals surface area contributed by atoms with Crippen molar-refractivity contribution in [3.8, 4) is 0 Å². The van der Waals surface area contributed by atoms with E-state index < -0.39 is 12.3 Å². The first kappa shape index (κ1) is 15.5. The molecule has 0 amide bonds. The minimum absolute atomic E-state index is 0.112. The van der Waals surface area contributed by atoms with Crippen molar-refractivity contribution in [1.82, 2.24) is 0 Å². The van der Waals surface area contributed by atoms with Crippen molar-refractivity contribution in [3.63, 3.8) is 0 Å². The summed E-state index contributed by atoms with van der Waals surface area (Å²) in [6, 6.07) is 28.1. The summed E-state index contributed by atoms with van der Waals surface area (Å²) in [4.78, 5) is 11.4. The number of hydrogen-bond donors (Lipinski definition) is 1. The van der Waals surface area contributed by atoms with Gasteiger partial charge in [0, 0.05) is 11.8 Å². The molecule has 0 unspecified atom stereocenters. The van der Waals surface area contributed by atoms with Gasteiger partial charge in [-0.2, -0.15) is 0 Å². The molecule has 0 aliphatic heterocycles. The third kappa shape index (κ3) is 2.78. The summed E-state index contributed by atoms with van der Waals surface area (Å²) in [6.07, 6.45) is -1.72. The summed E-state index contributed by atoms with van der Waals surface area (Å²) >= 11 is 0. The number of fused-ring (bicyclic) bond motifs is 1. The van der Waals surface area contributed by atoms with Crippen LogP contribution in [0.5, 0.6) is 0 Å². The number of carbonyl (C=O) groups is 1. The Morgan fingerprint density at radius 1 is 0.680 bits per heavy atom. The van der Waals surface area contributed by atoms with E-state index in [4.69, 9.17) is 4.74 Å². The molecule has 124 valence electrons. The van der Waals surface area contributed by atoms with Gasteiger partial charge in [0.15, 0.2) is 0 Å². The fourth-order valence-corrected chi connectivity index (χ4v) is 3.94. The Morgan fingerprint density at radius 2 is 1.08 bits per heavy atom. The largest absolute Gasteiger partial charge is 0.506 e. The van der Waals surface area contributed by atoms with E-state index in [0.717, 1.165) is 22.3 Å². The topological polar surface area (TPSA) is 46.5 Å². The van der Waals surface area contributed by atoms with E-state index in [1.54, 1.807) is 0 Å². The van der Waals surface area contributed by atoms with Crippen molar-refractivity contribution in [3.05, 3.63) is 107 Å². The molecule has 3 nitrogen and oxygen atoms in total. The summed E-state index contributed by atoms with van der Waals surface area (Å²) < 4.78 is 5.44. The maximum atomic E-state index is 11.4. The smallest absolute Gasteiger partial charge is 0.450 e. The fourth-order valence-electron chi connectivity index (χ4n) is 3.94. The van der Waals surface area contributed by atoms with Gasteiger partial charge in [0.05, 0.1) is 0 Å². The van der Waals surface area contributed by atoms with E-state index in [1.807, 2.05) is 72.8 Å². The number of carboxylic acid groups (broad SMARTS) is 1. The highest BCUT2D eigenvalue weighted by atomic mass is 16.7. The van der Waals surface area contributed by atoms with E-state index in [9.17, 15) is 9.90 Å². The van der Waals surface area contributed by atoms with Crippen LogP contribution in [0.15, 0.2) is 84.9 Å². The van der Waals surface area contributed by atoms with Gasteiger partial charge in [-0.05, 0) is 22.3 Å². The van der Waals surface area contributed by atoms with Gasteiger partial charge in [-0.3, -0.25) is 0 Å². The monoisotopic (exact) mass is 330 g/mol. The Morgan fingerprint density at radius 3 is 1.48 bits per heavy atom. The molecule has 1 aliphatic carbocycles. The maximum absolute atomic E-state index is 11.4. The number of rotatable bonds is 3. The summed E-state index contributed by atoms with van der Waals surface area (Å²) in [6.45, 7) is 0. The minimum atomic E-state index is -1.24. The van der Waals surface area contributed by atoms with Crippen LogP contribution in [-0.4, -0.2) is 17.4 Å². The lowest BCUT2D eigenvalue weighted by atomic mass is 9.87. The molecule has 3 aromatic carbocycles. The second kappa shape index (κ2) is 6.44. The van der Waals surface area contributed by atoms with Crippen LogP contribution in [0.25, 0.3) is 0 Å². The van der Waals surface area contributed by atoms with Crippen molar-refractivity contribution in [2.75, 3.05) is 0 Å². The third-order valence-electron chi connectivity index (χ3n) is 4.88. The Kier molecular flexibility index (Phi) is 3.98. The molecule has 3 heteroatoms. The van der Waals surface area contributed by atoms with Crippen LogP contribution >= 0.6 is 0 Å². The predicted molar refractivity (Wildman–Crippen MR) is 95.9 cm³/mol. The molecule has 3 atom stereocenters. The second-order valence-electron chi connectivity index (χ2n) is 6.25. The zero-order valence-corrected chi connectivity index (χ0v) is 13.6. The molecule has 4 rings (SSSR count). The van der Waals surface area contributed by atoms with E-state index in [0.29, 0.717) is 0 Å². The third-order valence-corrected chi connectivity index (χ3v) is 4.88. The van der Waals surface area contributed by atoms with Crippen LogP contribution in [-0.2, 0) is 4.74 Å². The Labute approximate surface area is 146 Å². The standard InChI is InChI=1S/C22H18O3/c23-22(24)25-21-19(15-9-3-1-4-10-15)17-13-7-8-14-18(17)20(21)16-11-5-2-6-12-16/h1-14,19-21H,(H,23,24)/t19-,20+,21-. The molecule has 1 aliphatic rings. The molecule has 25 heavy (non-hydrogen) atoms. The molecule has 0 saturated carbocycles. The zero-order valence-electron chi connectivity index (χ0n) is 13.6. The molecular weight excluding hydrogens is 312 g/mol. The molecule has 0 saturated heterocycles. The van der Waals surface area contributed by atoms with Crippen molar-refractivity contribution < 1.29 is 14.6 Å². The van der Waals surface area contributed by atoms with Gasteiger partial charge in [0.25, 0.3) is 0 Å². The fraction of sp³-hybridized carbons (Fsp3) is 0.136. The zero-order chi connectivity index (χ0) is 17.2. The normalized spacial score (nSPS) is 21.5. The van der Waals surface area contributed by atoms with Gasteiger partial charge < -0.3 is 9.84 Å². The average Bonchev–Trinajstić information content (AvgIpc) is 2.96. The van der Waals surface area contributed by atoms with E-state index in [2.05, 4.69) is 12.1 Å². The second-order valence-corrected chi connectivity index (χ2v) is 6.25. The molecule has 3 aromatic rings. The van der Waals surface area contributed by atoms with Crippen LogP contribution in [0.4, 0.5) is 4.79 Å². The van der Waals surface area contributed by atoms with Gasteiger partial charge in [0.2, 0.25) is 0 Å². The highest BCUT2D eigenvalue weighted by molar-refractivity contribution is 5.60. The van der Waals surface area contributed by atoms with Gasteiger partial charge >= 0.3 is 6.16 Å². The van der Waals surface area contributed by atoms with Crippen LogP contribution in [0, 0.1) is 0 Å². The summed E-state index contributed by atoms with van der Waals surface area (Å²) in [5, 5.41) is 9.36. The van der Waals surface area contributed by atoms with Gasteiger partial charge in [-0.1, -0.05) is 84.9 Å². The van der Waals surface area contributed by atoms with Crippen LogP contribution < -0.4 is 0 Å². The quantitative estimate of drug-likeness (QED) is 0.685. The predicted octanol–water partition coefficient (Wildman–Crippen LogP) is 5.03. The van der Waals surface area contributed by atoms with Gasteiger partial charge in [-0.25, -0.2) is 4.79 Å². The Hall–Kier alpha value is -3.07. The molecule has 1 N–H and O–H groups in total. The van der Waals surface area contributed by atoms with Gasteiger partial charge in [0.1, 0.15) is 6.10 Å². The maximum Gasteiger partial charge on any atom is 0.506 e. The lowest BCUT2D eigenvalue weighted by Gasteiger charge is -2.25. The van der Waals surface area contributed by atoms with Crippen LogP contribution in [0.3, 0.4) is 0 Å². The Bertz CT molecular complexity index is 808. The summed E-state index contributed by atoms with van der Waals surface area (Å²) in [5.74, 6) is -0.225. The van der Waals surface area contributed by atoms with Crippen LogP contribution in [0.2, 0.25) is 0 Å². The van der Waals surface area contributed by atoms with Crippen molar-refractivity contribution in [2.24, 2.45) is 0 Å². The van der Waals surface area contributed by atoms with Crippen LogP contribution in [0.1, 0.15) is 34.1 Å². The van der Waals surface area contributed by atoms with E-state index >= 15 is 0 Å². The highest BCUT2D eigenvalue weighted by Gasteiger charge is 2.44. The molecule has 0 spiro atoms. The molecule has 0 heterocycles. The lowest BCUT2D eigenvalue weighted by Crippen LogP contribution is -2.26. The van der Waals surface area contributed by atoms with E-state index in [-0.39, 0.29) is 11.8 Å². The summed E-state index contributed by atoms with van der Waals surface area (Å²) in [7, 11) is 0. The summed E-state index contributed by atoms with van der Waals surface area (Å²) in [5.41, 5.74) is 4.40. The highest BCUT2D eigenvalue weighted by Crippen LogP contribution is 2.49. The first-order valence-corrected chi connectivity index (χ1v) is 8.34. The Balaban J connectivity index is 1.90. The first-order valence-electron chi connectivity index (χ1n) is 8.34. The van der Waals surface area contributed by atoms with E-state index in [1.165, 1.54) is 0 Å². The molecule has 0 aromatic heterocycles. The number of benzene rings is 3. The van der Waals surface area contributed by atoms with Crippen molar-refractivity contribution in [1.29, 1.82) is 0 Å². The number of ether oxygens (including phenoxy) is 1. The number of hydrogen-bond acceptors (Lipinski definition) is 2. The average molecular weight is 330 g/mol. The van der Waals surface area contributed by atoms with Gasteiger partial charge in [-0.15, -0.1) is 0 Å².